The van der Waals surface area contributed by atoms with Crippen molar-refractivity contribution in [3.05, 3.63) is 66.2 Å². The minimum atomic E-state index is -0.265. The number of amides is 1. The summed E-state index contributed by atoms with van der Waals surface area (Å²) < 4.78 is 6.00. The van der Waals surface area contributed by atoms with E-state index >= 15 is 0 Å². The van der Waals surface area contributed by atoms with Crippen LogP contribution in [0.2, 0.25) is 0 Å². The van der Waals surface area contributed by atoms with Gasteiger partial charge in [0.05, 0.1) is 11.3 Å². The Labute approximate surface area is 166 Å². The summed E-state index contributed by atoms with van der Waals surface area (Å²) in [5.41, 5.74) is 1.79. The molecule has 0 spiro atoms. The fourth-order valence-electron chi connectivity index (χ4n) is 3.78. The van der Waals surface area contributed by atoms with E-state index < -0.39 is 0 Å². The molecule has 144 valence electrons. The first-order valence-corrected chi connectivity index (χ1v) is 9.47. The number of pyridine rings is 1. The number of likely N-dealkylation sites (tertiary alicyclic amines) is 1. The zero-order valence-corrected chi connectivity index (χ0v) is 15.8. The van der Waals surface area contributed by atoms with E-state index in [1.54, 1.807) is 24.2 Å². The molecule has 1 unspecified atom stereocenters. The van der Waals surface area contributed by atoms with Crippen molar-refractivity contribution in [1.82, 2.24) is 30.0 Å². The van der Waals surface area contributed by atoms with Crippen LogP contribution in [0.5, 0.6) is 0 Å². The maximum Gasteiger partial charge on any atom is 0.267 e. The second-order valence-corrected chi connectivity index (χ2v) is 7.00. The highest BCUT2D eigenvalue weighted by molar-refractivity contribution is 5.95. The molecule has 0 bridgehead atoms. The summed E-state index contributed by atoms with van der Waals surface area (Å²) in [6.07, 6.45) is 6.36. The van der Waals surface area contributed by atoms with Gasteiger partial charge in [0.15, 0.2) is 0 Å². The number of carbonyl (C=O) groups is 1. The molecular formula is C21H18N6O2. The summed E-state index contributed by atoms with van der Waals surface area (Å²) >= 11 is 0. The summed E-state index contributed by atoms with van der Waals surface area (Å²) in [6.45, 7) is 2.43. The number of aryl methyl sites for hydroxylation is 1. The van der Waals surface area contributed by atoms with Crippen LogP contribution in [0.4, 0.5) is 0 Å². The average Bonchev–Trinajstić information content (AvgIpc) is 3.43. The highest BCUT2D eigenvalue weighted by Gasteiger charge is 2.35. The van der Waals surface area contributed by atoms with Crippen molar-refractivity contribution < 1.29 is 9.21 Å². The normalized spacial score (nSPS) is 16.4. The molecule has 0 radical (unpaired) electrons. The fourth-order valence-corrected chi connectivity index (χ4v) is 3.78. The average molecular weight is 386 g/mol. The largest absolute Gasteiger partial charge is 0.417 e. The topological polar surface area (TPSA) is 97.9 Å². The minimum Gasteiger partial charge on any atom is -0.417 e. The van der Waals surface area contributed by atoms with Gasteiger partial charge in [-0.3, -0.25) is 9.78 Å². The summed E-state index contributed by atoms with van der Waals surface area (Å²) in [7, 11) is 0. The molecular weight excluding hydrogens is 368 g/mol. The molecule has 4 heterocycles. The molecule has 1 aliphatic heterocycles. The summed E-state index contributed by atoms with van der Waals surface area (Å²) in [4.78, 5) is 27.4. The second-order valence-electron chi connectivity index (χ2n) is 7.00. The molecule has 1 atom stereocenters. The number of benzene rings is 1. The van der Waals surface area contributed by atoms with Crippen LogP contribution in [-0.4, -0.2) is 42.5 Å². The van der Waals surface area contributed by atoms with Gasteiger partial charge in [0.2, 0.25) is 5.89 Å². The lowest BCUT2D eigenvalue weighted by atomic mass is 10.1. The molecule has 29 heavy (non-hydrogen) atoms. The molecule has 0 saturated carbocycles. The molecule has 0 aliphatic carbocycles. The Bertz CT molecular complexity index is 1200. The van der Waals surface area contributed by atoms with Gasteiger partial charge in [0.25, 0.3) is 11.8 Å². The van der Waals surface area contributed by atoms with Crippen LogP contribution in [-0.2, 0) is 0 Å². The van der Waals surface area contributed by atoms with E-state index in [0.717, 1.165) is 23.6 Å². The smallest absolute Gasteiger partial charge is 0.267 e. The van der Waals surface area contributed by atoms with E-state index in [-0.39, 0.29) is 11.9 Å². The molecule has 3 aromatic heterocycles. The maximum atomic E-state index is 13.0. The SMILES string of the molecule is Cc1ncncc1C(=O)N1CCCC1c1nnc(-c2nccc3ccccc23)o1. The molecule has 1 amide bonds. The number of carbonyl (C=O) groups excluding carboxylic acids is 1. The molecule has 5 rings (SSSR count). The quantitative estimate of drug-likeness (QED) is 0.532. The van der Waals surface area contributed by atoms with Crippen LogP contribution in [0, 0.1) is 6.92 Å². The molecule has 1 aromatic carbocycles. The lowest BCUT2D eigenvalue weighted by Gasteiger charge is -2.22. The second kappa shape index (κ2) is 7.05. The van der Waals surface area contributed by atoms with Gasteiger partial charge in [-0.2, -0.15) is 0 Å². The van der Waals surface area contributed by atoms with Gasteiger partial charge < -0.3 is 9.32 Å². The lowest BCUT2D eigenvalue weighted by Crippen LogP contribution is -2.31. The number of nitrogens with zero attached hydrogens (tertiary/aromatic N) is 6. The van der Waals surface area contributed by atoms with Crippen molar-refractivity contribution in [2.45, 2.75) is 25.8 Å². The highest BCUT2D eigenvalue weighted by atomic mass is 16.4. The van der Waals surface area contributed by atoms with Gasteiger partial charge in [0.1, 0.15) is 18.1 Å². The molecule has 1 fully saturated rings. The Balaban J connectivity index is 1.48. The van der Waals surface area contributed by atoms with E-state index in [0.29, 0.717) is 35.3 Å². The van der Waals surface area contributed by atoms with Crippen molar-refractivity contribution in [3.8, 4) is 11.6 Å². The Hall–Kier alpha value is -3.68. The van der Waals surface area contributed by atoms with Crippen molar-refractivity contribution in [1.29, 1.82) is 0 Å². The predicted molar refractivity (Wildman–Crippen MR) is 105 cm³/mol. The zero-order chi connectivity index (χ0) is 19.8. The number of aromatic nitrogens is 5. The van der Waals surface area contributed by atoms with Gasteiger partial charge in [-0.05, 0) is 31.2 Å². The number of hydrogen-bond acceptors (Lipinski definition) is 7. The van der Waals surface area contributed by atoms with Crippen molar-refractivity contribution in [2.75, 3.05) is 6.54 Å². The van der Waals surface area contributed by atoms with Crippen LogP contribution in [0.25, 0.3) is 22.4 Å². The van der Waals surface area contributed by atoms with Gasteiger partial charge in [-0.15, -0.1) is 10.2 Å². The minimum absolute atomic E-state index is 0.117. The fraction of sp³-hybridized carbons (Fsp3) is 0.238. The molecule has 1 aliphatic rings. The van der Waals surface area contributed by atoms with Crippen LogP contribution < -0.4 is 0 Å². The van der Waals surface area contributed by atoms with Crippen molar-refractivity contribution in [2.24, 2.45) is 0 Å². The van der Waals surface area contributed by atoms with Crippen LogP contribution in [0.3, 0.4) is 0 Å². The van der Waals surface area contributed by atoms with Gasteiger partial charge >= 0.3 is 0 Å². The van der Waals surface area contributed by atoms with E-state index in [1.807, 2.05) is 30.3 Å². The number of hydrogen-bond donors (Lipinski definition) is 0. The van der Waals surface area contributed by atoms with Gasteiger partial charge in [0, 0.05) is 24.3 Å². The zero-order valence-electron chi connectivity index (χ0n) is 15.8. The van der Waals surface area contributed by atoms with Crippen LogP contribution in [0.1, 0.15) is 40.8 Å². The molecule has 8 heteroatoms. The van der Waals surface area contributed by atoms with Crippen LogP contribution >= 0.6 is 0 Å². The molecule has 4 aromatic rings. The lowest BCUT2D eigenvalue weighted by molar-refractivity contribution is 0.0714. The number of fused-ring (bicyclic) bond motifs is 1. The third-order valence-electron chi connectivity index (χ3n) is 5.26. The Kier molecular flexibility index (Phi) is 4.23. The maximum absolute atomic E-state index is 13.0. The first-order valence-electron chi connectivity index (χ1n) is 9.47. The highest BCUT2D eigenvalue weighted by Crippen LogP contribution is 2.34. The third-order valence-corrected chi connectivity index (χ3v) is 5.26. The first kappa shape index (κ1) is 17.4. The summed E-state index contributed by atoms with van der Waals surface area (Å²) in [6, 6.07) is 9.59. The molecule has 1 saturated heterocycles. The van der Waals surface area contributed by atoms with E-state index in [9.17, 15) is 4.79 Å². The van der Waals surface area contributed by atoms with Crippen molar-refractivity contribution >= 4 is 16.7 Å². The summed E-state index contributed by atoms with van der Waals surface area (Å²) in [5, 5.41) is 10.5. The Morgan fingerprint density at radius 3 is 2.97 bits per heavy atom. The third kappa shape index (κ3) is 3.02. The van der Waals surface area contributed by atoms with Crippen LogP contribution in [0.15, 0.2) is 53.5 Å². The summed E-state index contributed by atoms with van der Waals surface area (Å²) in [5.74, 6) is 0.666. The Morgan fingerprint density at radius 1 is 1.17 bits per heavy atom. The predicted octanol–water partition coefficient (Wildman–Crippen LogP) is 3.36. The molecule has 0 N–H and O–H groups in total. The van der Waals surface area contributed by atoms with Crippen molar-refractivity contribution in [3.63, 3.8) is 0 Å². The first-order chi connectivity index (χ1) is 14.2. The van der Waals surface area contributed by atoms with Gasteiger partial charge in [-0.25, -0.2) is 9.97 Å². The van der Waals surface area contributed by atoms with E-state index in [1.165, 1.54) is 6.33 Å². The van der Waals surface area contributed by atoms with Gasteiger partial charge in [-0.1, -0.05) is 24.3 Å². The van der Waals surface area contributed by atoms with E-state index in [4.69, 9.17) is 4.42 Å². The standard InChI is InChI=1S/C21H18N6O2/c1-13-16(11-22-12-24-13)21(28)27-10-4-7-17(27)19-25-26-20(29-19)18-15-6-3-2-5-14(15)8-9-23-18/h2-3,5-6,8-9,11-12,17H,4,7,10H2,1H3. The monoisotopic (exact) mass is 386 g/mol. The number of rotatable bonds is 3. The Morgan fingerprint density at radius 2 is 2.07 bits per heavy atom. The molecule has 8 nitrogen and oxygen atoms in total. The van der Waals surface area contributed by atoms with E-state index in [2.05, 4.69) is 25.1 Å².